The normalized spacial score (nSPS) is 10.2. The lowest BCUT2D eigenvalue weighted by Crippen LogP contribution is -2.23. The van der Waals surface area contributed by atoms with Gasteiger partial charge >= 0.3 is 0 Å². The van der Waals surface area contributed by atoms with Gasteiger partial charge in [0.1, 0.15) is 6.29 Å². The van der Waals surface area contributed by atoms with Crippen molar-refractivity contribution >= 4 is 12.2 Å². The van der Waals surface area contributed by atoms with E-state index in [0.717, 1.165) is 58.0 Å². The van der Waals surface area contributed by atoms with Crippen molar-refractivity contribution in [3.8, 4) is 0 Å². The summed E-state index contributed by atoms with van der Waals surface area (Å²) in [5, 5.41) is 2.89. The third kappa shape index (κ3) is 13.0. The Hall–Kier alpha value is -0.900. The molecule has 1 amide bonds. The first-order valence-electron chi connectivity index (χ1n) is 6.50. The summed E-state index contributed by atoms with van der Waals surface area (Å²) in [6, 6.07) is 0. The number of methoxy groups -OCH3 is 1. The minimum absolute atomic E-state index is 0.137. The van der Waals surface area contributed by atoms with Crippen LogP contribution >= 0.6 is 0 Å². The first-order valence-corrected chi connectivity index (χ1v) is 6.50. The predicted molar refractivity (Wildman–Crippen MR) is 67.9 cm³/mol. The Morgan fingerprint density at radius 3 is 2.59 bits per heavy atom. The number of hydrogen-bond acceptors (Lipinski definition) is 3. The zero-order valence-electron chi connectivity index (χ0n) is 10.9. The van der Waals surface area contributed by atoms with Gasteiger partial charge in [0, 0.05) is 33.1 Å². The first kappa shape index (κ1) is 16.1. The quantitative estimate of drug-likeness (QED) is 0.422. The highest BCUT2D eigenvalue weighted by molar-refractivity contribution is 5.75. The molecule has 0 aliphatic heterocycles. The highest BCUT2D eigenvalue weighted by atomic mass is 16.5. The second-order valence-electron chi connectivity index (χ2n) is 4.17. The Morgan fingerprint density at radius 2 is 1.88 bits per heavy atom. The van der Waals surface area contributed by atoms with Gasteiger partial charge in [0.2, 0.25) is 5.91 Å². The zero-order chi connectivity index (χ0) is 12.8. The second kappa shape index (κ2) is 13.2. The third-order valence-electron chi connectivity index (χ3n) is 2.57. The molecule has 0 aliphatic carbocycles. The number of hydrogen-bond donors (Lipinski definition) is 1. The van der Waals surface area contributed by atoms with E-state index in [2.05, 4.69) is 5.32 Å². The summed E-state index contributed by atoms with van der Waals surface area (Å²) in [7, 11) is 1.69. The predicted octanol–water partition coefficient (Wildman–Crippen LogP) is 2.07. The Bertz CT molecular complexity index is 195. The lowest BCUT2D eigenvalue weighted by molar-refractivity contribution is -0.121. The zero-order valence-corrected chi connectivity index (χ0v) is 10.9. The summed E-state index contributed by atoms with van der Waals surface area (Å²) in [4.78, 5) is 21.4. The van der Waals surface area contributed by atoms with Crippen LogP contribution in [0, 0.1) is 0 Å². The maximum atomic E-state index is 11.4. The molecule has 0 rings (SSSR count). The number of unbranched alkanes of at least 4 members (excludes halogenated alkanes) is 5. The average Bonchev–Trinajstić information content (AvgIpc) is 2.33. The number of carbonyl (C=O) groups excluding carboxylic acids is 2. The Balaban J connectivity index is 3.14. The van der Waals surface area contributed by atoms with Crippen LogP contribution in [0.1, 0.15) is 51.4 Å². The van der Waals surface area contributed by atoms with E-state index < -0.39 is 0 Å². The molecule has 4 nitrogen and oxygen atoms in total. The largest absolute Gasteiger partial charge is 0.385 e. The Kier molecular flexibility index (Phi) is 12.5. The van der Waals surface area contributed by atoms with Crippen molar-refractivity contribution in [1.29, 1.82) is 0 Å². The lowest BCUT2D eigenvalue weighted by atomic mass is 10.2. The molecule has 0 aliphatic rings. The summed E-state index contributed by atoms with van der Waals surface area (Å²) in [6.45, 7) is 1.51. The van der Waals surface area contributed by atoms with Gasteiger partial charge in [-0.05, 0) is 25.7 Å². The standard InChI is InChI=1S/C13H25NO3/c1-17-12-8-4-5-9-13(16)14-10-6-2-3-7-11-15/h11H,2-10,12H2,1H3,(H,14,16). The van der Waals surface area contributed by atoms with Gasteiger partial charge in [-0.2, -0.15) is 0 Å². The molecule has 17 heavy (non-hydrogen) atoms. The van der Waals surface area contributed by atoms with Crippen LogP contribution < -0.4 is 5.32 Å². The molecule has 0 heterocycles. The van der Waals surface area contributed by atoms with E-state index in [-0.39, 0.29) is 5.91 Å². The van der Waals surface area contributed by atoms with Crippen molar-refractivity contribution < 1.29 is 14.3 Å². The van der Waals surface area contributed by atoms with Gasteiger partial charge in [0.25, 0.3) is 0 Å². The van der Waals surface area contributed by atoms with E-state index >= 15 is 0 Å². The van der Waals surface area contributed by atoms with Crippen molar-refractivity contribution in [3.05, 3.63) is 0 Å². The van der Waals surface area contributed by atoms with Crippen LogP contribution in [-0.4, -0.2) is 32.5 Å². The van der Waals surface area contributed by atoms with Crippen molar-refractivity contribution in [3.63, 3.8) is 0 Å². The van der Waals surface area contributed by atoms with Crippen LogP contribution in [-0.2, 0) is 14.3 Å². The molecule has 0 aromatic heterocycles. The molecule has 4 heteroatoms. The van der Waals surface area contributed by atoms with Gasteiger partial charge in [-0.1, -0.05) is 12.8 Å². The molecule has 0 fully saturated rings. The van der Waals surface area contributed by atoms with Crippen LogP contribution in [0.15, 0.2) is 0 Å². The molecule has 0 spiro atoms. The molecule has 0 aromatic rings. The van der Waals surface area contributed by atoms with E-state index in [1.165, 1.54) is 0 Å². The van der Waals surface area contributed by atoms with Crippen molar-refractivity contribution in [1.82, 2.24) is 5.32 Å². The smallest absolute Gasteiger partial charge is 0.219 e. The van der Waals surface area contributed by atoms with Crippen molar-refractivity contribution in [2.75, 3.05) is 20.3 Å². The summed E-state index contributed by atoms with van der Waals surface area (Å²) < 4.78 is 4.94. The van der Waals surface area contributed by atoms with Crippen LogP contribution in [0.5, 0.6) is 0 Å². The van der Waals surface area contributed by atoms with Crippen molar-refractivity contribution in [2.24, 2.45) is 0 Å². The van der Waals surface area contributed by atoms with Gasteiger partial charge in [0.15, 0.2) is 0 Å². The topological polar surface area (TPSA) is 55.4 Å². The van der Waals surface area contributed by atoms with Gasteiger partial charge in [-0.3, -0.25) is 4.79 Å². The summed E-state index contributed by atoms with van der Waals surface area (Å²) in [6.07, 6.45) is 8.08. The minimum atomic E-state index is 0.137. The summed E-state index contributed by atoms with van der Waals surface area (Å²) in [5.74, 6) is 0.137. The van der Waals surface area contributed by atoms with Crippen LogP contribution in [0.25, 0.3) is 0 Å². The van der Waals surface area contributed by atoms with Gasteiger partial charge < -0.3 is 14.8 Å². The van der Waals surface area contributed by atoms with E-state index in [4.69, 9.17) is 4.74 Å². The van der Waals surface area contributed by atoms with E-state index in [9.17, 15) is 9.59 Å². The number of carbonyl (C=O) groups is 2. The minimum Gasteiger partial charge on any atom is -0.385 e. The number of nitrogens with one attached hydrogen (secondary N) is 1. The van der Waals surface area contributed by atoms with Gasteiger partial charge in [-0.15, -0.1) is 0 Å². The number of aldehydes is 1. The monoisotopic (exact) mass is 243 g/mol. The molecule has 1 N–H and O–H groups in total. The molecule has 0 atom stereocenters. The fourth-order valence-electron chi connectivity index (χ4n) is 1.55. The highest BCUT2D eigenvalue weighted by Gasteiger charge is 1.99. The van der Waals surface area contributed by atoms with E-state index in [1.54, 1.807) is 7.11 Å². The van der Waals surface area contributed by atoms with Crippen LogP contribution in [0.3, 0.4) is 0 Å². The Labute approximate surface area is 104 Å². The molecular weight excluding hydrogens is 218 g/mol. The number of ether oxygens (including phenoxy) is 1. The fraction of sp³-hybridized carbons (Fsp3) is 0.846. The summed E-state index contributed by atoms with van der Waals surface area (Å²) in [5.41, 5.74) is 0. The highest BCUT2D eigenvalue weighted by Crippen LogP contribution is 2.00. The van der Waals surface area contributed by atoms with Crippen LogP contribution in [0.4, 0.5) is 0 Å². The van der Waals surface area contributed by atoms with Crippen LogP contribution in [0.2, 0.25) is 0 Å². The molecular formula is C13H25NO3. The lowest BCUT2D eigenvalue weighted by Gasteiger charge is -2.04. The molecule has 100 valence electrons. The maximum Gasteiger partial charge on any atom is 0.219 e. The second-order valence-corrected chi connectivity index (χ2v) is 4.17. The summed E-state index contributed by atoms with van der Waals surface area (Å²) >= 11 is 0. The average molecular weight is 243 g/mol. The van der Waals surface area contributed by atoms with E-state index in [0.29, 0.717) is 12.8 Å². The molecule has 0 bridgehead atoms. The van der Waals surface area contributed by atoms with E-state index in [1.807, 2.05) is 0 Å². The van der Waals surface area contributed by atoms with Crippen molar-refractivity contribution in [2.45, 2.75) is 51.4 Å². The van der Waals surface area contributed by atoms with Gasteiger partial charge in [-0.25, -0.2) is 0 Å². The first-order chi connectivity index (χ1) is 8.31. The molecule has 0 unspecified atom stereocenters. The fourth-order valence-corrected chi connectivity index (χ4v) is 1.55. The molecule has 0 saturated carbocycles. The molecule has 0 radical (unpaired) electrons. The maximum absolute atomic E-state index is 11.4. The third-order valence-corrected chi connectivity index (χ3v) is 2.57. The number of amides is 1. The molecule has 0 saturated heterocycles. The SMILES string of the molecule is COCCCCCC(=O)NCCCCCC=O. The Morgan fingerprint density at radius 1 is 1.12 bits per heavy atom. The van der Waals surface area contributed by atoms with Gasteiger partial charge in [0.05, 0.1) is 0 Å². The molecule has 0 aromatic carbocycles. The number of rotatable bonds is 12.